The monoisotopic (exact) mass is 161 g/mol. The van der Waals surface area contributed by atoms with E-state index in [0.29, 0.717) is 0 Å². The Morgan fingerprint density at radius 2 is 2.38 bits per heavy atom. The van der Waals surface area contributed by atoms with Crippen molar-refractivity contribution in [3.05, 3.63) is 11.5 Å². The van der Waals surface area contributed by atoms with Crippen LogP contribution in [0, 0.1) is 0 Å². The van der Waals surface area contributed by atoms with Crippen molar-refractivity contribution in [3.8, 4) is 0 Å². The van der Waals surface area contributed by atoms with Crippen LogP contribution in [0.2, 0.25) is 0 Å². The molecule has 0 N–H and O–H groups in total. The van der Waals surface area contributed by atoms with Crippen LogP contribution in [0.5, 0.6) is 0 Å². The predicted molar refractivity (Wildman–Crippen MR) is 45.0 cm³/mol. The summed E-state index contributed by atoms with van der Waals surface area (Å²) in [6.07, 6.45) is 3.45. The third-order valence-electron chi connectivity index (χ3n) is 0.633. The summed E-state index contributed by atoms with van der Waals surface area (Å²) >= 11 is 9.61. The zero-order valence-corrected chi connectivity index (χ0v) is 6.35. The molecule has 1 atom stereocenters. The normalized spacial score (nSPS) is 26.5. The van der Waals surface area contributed by atoms with Crippen molar-refractivity contribution < 1.29 is 0 Å². The van der Waals surface area contributed by atoms with Gasteiger partial charge in [-0.3, -0.25) is 0 Å². The summed E-state index contributed by atoms with van der Waals surface area (Å²) < 4.78 is 3.90. The maximum atomic E-state index is 4.83. The van der Waals surface area contributed by atoms with Gasteiger partial charge in [-0.05, 0) is 22.7 Å². The van der Waals surface area contributed by atoms with Crippen LogP contribution in [-0.4, -0.2) is 11.1 Å². The van der Waals surface area contributed by atoms with E-state index in [2.05, 4.69) is 4.40 Å². The lowest BCUT2D eigenvalue weighted by Crippen LogP contribution is -1.96. The van der Waals surface area contributed by atoms with Crippen molar-refractivity contribution in [2.45, 2.75) is 0 Å². The lowest BCUT2D eigenvalue weighted by molar-refractivity contribution is 1.98. The van der Waals surface area contributed by atoms with Crippen molar-refractivity contribution in [1.82, 2.24) is 0 Å². The van der Waals surface area contributed by atoms with Crippen LogP contribution in [-0.2, 0) is 20.8 Å². The van der Waals surface area contributed by atoms with Gasteiger partial charge in [0.05, 0.1) is 11.1 Å². The Labute approximate surface area is 60.2 Å². The molecule has 1 rings (SSSR count). The minimum absolute atomic E-state index is 0.326. The van der Waals surface area contributed by atoms with Gasteiger partial charge in [-0.15, -0.1) is 0 Å². The summed E-state index contributed by atoms with van der Waals surface area (Å²) in [6.45, 7) is 0. The molecule has 0 aromatic rings. The van der Waals surface area contributed by atoms with Crippen molar-refractivity contribution in [2.75, 3.05) is 0 Å². The van der Waals surface area contributed by atoms with E-state index in [-0.39, 0.29) is 9.64 Å². The van der Waals surface area contributed by atoms with Crippen molar-refractivity contribution >= 4 is 44.1 Å². The number of hydrogen-bond donors (Lipinski definition) is 0. The third-order valence-corrected chi connectivity index (χ3v) is 2.15. The Hall–Kier alpha value is 0.0700. The third kappa shape index (κ3) is 1.54. The summed E-state index contributed by atoms with van der Waals surface area (Å²) in [4.78, 5) is 0.763. The van der Waals surface area contributed by atoms with E-state index in [0.717, 1.165) is 4.86 Å². The topological polar surface area (TPSA) is 12.4 Å². The number of thiocarbonyl (C=S) groups is 1. The highest BCUT2D eigenvalue weighted by atomic mass is 32.8. The van der Waals surface area contributed by atoms with E-state index in [9.17, 15) is 0 Å². The second-order valence-corrected chi connectivity index (χ2v) is 3.75. The van der Waals surface area contributed by atoms with Crippen molar-refractivity contribution in [3.63, 3.8) is 0 Å². The Bertz CT molecular complexity index is 153. The SMILES string of the molecule is S=C1C=CS(=S)N=C1. The first-order valence-electron chi connectivity index (χ1n) is 1.96. The fraction of sp³-hybridized carbons (Fsp3) is 0. The molecule has 8 heavy (non-hydrogen) atoms. The van der Waals surface area contributed by atoms with Gasteiger partial charge in [-0.25, -0.2) is 4.40 Å². The molecule has 1 unspecified atom stereocenters. The lowest BCUT2D eigenvalue weighted by atomic mass is 10.5. The highest BCUT2D eigenvalue weighted by Crippen LogP contribution is 1.94. The van der Waals surface area contributed by atoms with E-state index < -0.39 is 0 Å². The molecule has 0 amide bonds. The van der Waals surface area contributed by atoms with E-state index in [1.165, 1.54) is 0 Å². The number of nitrogens with zero attached hydrogens (tertiary/aromatic N) is 1. The first-order chi connectivity index (χ1) is 3.79. The van der Waals surface area contributed by atoms with Gasteiger partial charge in [0, 0.05) is 9.64 Å². The van der Waals surface area contributed by atoms with Crippen LogP contribution < -0.4 is 0 Å². The van der Waals surface area contributed by atoms with Gasteiger partial charge in [0.1, 0.15) is 0 Å². The molecule has 0 fully saturated rings. The van der Waals surface area contributed by atoms with Crippen LogP contribution in [0.1, 0.15) is 0 Å². The maximum Gasteiger partial charge on any atom is 0.0572 e. The number of hydrogen-bond acceptors (Lipinski definition) is 2. The van der Waals surface area contributed by atoms with Crippen LogP contribution >= 0.6 is 12.2 Å². The Morgan fingerprint density at radius 1 is 1.62 bits per heavy atom. The number of allylic oxidation sites excluding steroid dienone is 1. The second kappa shape index (κ2) is 2.57. The van der Waals surface area contributed by atoms with E-state index in [4.69, 9.17) is 23.4 Å². The summed E-state index contributed by atoms with van der Waals surface area (Å²) in [6, 6.07) is 0. The highest BCUT2D eigenvalue weighted by Gasteiger charge is 1.91. The van der Waals surface area contributed by atoms with Gasteiger partial charge >= 0.3 is 0 Å². The predicted octanol–water partition coefficient (Wildman–Crippen LogP) is 0.950. The molecule has 4 heteroatoms. The Balaban J connectivity index is 2.83. The largest absolute Gasteiger partial charge is 0.215 e. The molecule has 0 aromatic heterocycles. The van der Waals surface area contributed by atoms with Gasteiger partial charge in [0.25, 0.3) is 0 Å². The molecule has 0 saturated heterocycles. The fourth-order valence-electron chi connectivity index (χ4n) is 0.307. The summed E-state index contributed by atoms with van der Waals surface area (Å²) in [5.74, 6) is 0. The maximum absolute atomic E-state index is 4.83. The van der Waals surface area contributed by atoms with Crippen LogP contribution in [0.15, 0.2) is 15.9 Å². The quantitative estimate of drug-likeness (QED) is 0.490. The fourth-order valence-corrected chi connectivity index (χ4v) is 1.43. The summed E-state index contributed by atoms with van der Waals surface area (Å²) in [5.41, 5.74) is 0. The minimum Gasteiger partial charge on any atom is -0.215 e. The minimum atomic E-state index is -0.326. The average Bonchev–Trinajstić information content (AvgIpc) is 1.77. The average molecular weight is 161 g/mol. The van der Waals surface area contributed by atoms with Gasteiger partial charge in [0.2, 0.25) is 0 Å². The first kappa shape index (κ1) is 6.19. The van der Waals surface area contributed by atoms with Crippen LogP contribution in [0.4, 0.5) is 0 Å². The molecule has 0 bridgehead atoms. The summed E-state index contributed by atoms with van der Waals surface area (Å²) in [5, 5.41) is 1.83. The molecule has 0 saturated carbocycles. The molecular weight excluding hydrogens is 158 g/mol. The zero-order chi connectivity index (χ0) is 5.98. The van der Waals surface area contributed by atoms with Crippen molar-refractivity contribution in [1.29, 1.82) is 0 Å². The molecule has 1 heterocycles. The first-order valence-corrected chi connectivity index (χ1v) is 4.54. The molecule has 0 radical (unpaired) electrons. The lowest BCUT2D eigenvalue weighted by Gasteiger charge is -1.93. The van der Waals surface area contributed by atoms with Crippen LogP contribution in [0.3, 0.4) is 0 Å². The van der Waals surface area contributed by atoms with E-state index in [1.807, 2.05) is 11.5 Å². The Kier molecular flexibility index (Phi) is 1.99. The molecule has 42 valence electrons. The molecule has 0 aromatic carbocycles. The number of rotatable bonds is 0. The summed E-state index contributed by atoms with van der Waals surface area (Å²) in [7, 11) is -0.326. The van der Waals surface area contributed by atoms with Crippen molar-refractivity contribution in [2.24, 2.45) is 4.40 Å². The highest BCUT2D eigenvalue weighted by molar-refractivity contribution is 8.30. The van der Waals surface area contributed by atoms with Gasteiger partial charge in [-0.1, -0.05) is 12.2 Å². The standard InChI is InChI=1S/C4H3NS3/c6-4-1-2-8(7)5-3-4/h1-3H. The molecule has 1 aliphatic rings. The smallest absolute Gasteiger partial charge is 0.0572 e. The van der Waals surface area contributed by atoms with Gasteiger partial charge in [0.15, 0.2) is 0 Å². The van der Waals surface area contributed by atoms with Gasteiger partial charge < -0.3 is 0 Å². The molecular formula is C4H3NS3. The van der Waals surface area contributed by atoms with E-state index >= 15 is 0 Å². The molecule has 0 spiro atoms. The molecule has 1 nitrogen and oxygen atoms in total. The van der Waals surface area contributed by atoms with E-state index in [1.54, 1.807) is 6.21 Å². The molecule has 1 aliphatic heterocycles. The van der Waals surface area contributed by atoms with Gasteiger partial charge in [-0.2, -0.15) is 0 Å². The second-order valence-electron chi connectivity index (χ2n) is 1.22. The van der Waals surface area contributed by atoms with Crippen LogP contribution in [0.25, 0.3) is 0 Å². The zero-order valence-electron chi connectivity index (χ0n) is 3.90. The Morgan fingerprint density at radius 3 is 2.75 bits per heavy atom. The molecule has 0 aliphatic carbocycles.